The van der Waals surface area contributed by atoms with Gasteiger partial charge in [0.25, 0.3) is 5.91 Å². The van der Waals surface area contributed by atoms with E-state index in [1.54, 1.807) is 21.9 Å². The molecule has 0 radical (unpaired) electrons. The highest BCUT2D eigenvalue weighted by atomic mass is 19.1. The fourth-order valence-corrected chi connectivity index (χ4v) is 2.67. The van der Waals surface area contributed by atoms with E-state index in [1.807, 2.05) is 0 Å². The van der Waals surface area contributed by atoms with E-state index in [2.05, 4.69) is 5.32 Å². The van der Waals surface area contributed by atoms with Gasteiger partial charge in [-0.15, -0.1) is 0 Å². The number of benzene rings is 2. The molecule has 0 bridgehead atoms. The number of hydrogen-bond donors (Lipinski definition) is 2. The van der Waals surface area contributed by atoms with Crippen molar-refractivity contribution < 1.29 is 19.1 Å². The van der Waals surface area contributed by atoms with Crippen LogP contribution in [-0.2, 0) is 0 Å². The Kier molecular flexibility index (Phi) is 4.83. The Labute approximate surface area is 144 Å². The van der Waals surface area contributed by atoms with Gasteiger partial charge in [0.05, 0.1) is 0 Å². The van der Waals surface area contributed by atoms with Crippen molar-refractivity contribution in [3.8, 4) is 5.75 Å². The van der Waals surface area contributed by atoms with E-state index in [4.69, 9.17) is 0 Å². The molecule has 0 spiro atoms. The molecule has 0 saturated carbocycles. The predicted octanol–water partition coefficient (Wildman–Crippen LogP) is 2.52. The van der Waals surface area contributed by atoms with E-state index in [0.29, 0.717) is 37.4 Å². The van der Waals surface area contributed by atoms with Gasteiger partial charge in [0.1, 0.15) is 11.6 Å². The number of urea groups is 1. The zero-order valence-electron chi connectivity index (χ0n) is 13.5. The highest BCUT2D eigenvalue weighted by molar-refractivity contribution is 5.95. The Morgan fingerprint density at radius 2 is 1.60 bits per heavy atom. The van der Waals surface area contributed by atoms with Crippen LogP contribution in [0.2, 0.25) is 0 Å². The quantitative estimate of drug-likeness (QED) is 0.880. The molecule has 130 valence electrons. The van der Waals surface area contributed by atoms with E-state index in [-0.39, 0.29) is 23.5 Å². The number of anilines is 1. The number of carbonyl (C=O) groups excluding carboxylic acids is 2. The minimum absolute atomic E-state index is 0.0446. The van der Waals surface area contributed by atoms with Crippen LogP contribution in [0.1, 0.15) is 10.4 Å². The second-order valence-corrected chi connectivity index (χ2v) is 5.77. The van der Waals surface area contributed by atoms with Crippen LogP contribution in [0.15, 0.2) is 48.5 Å². The summed E-state index contributed by atoms with van der Waals surface area (Å²) in [5.41, 5.74) is 0.939. The summed E-state index contributed by atoms with van der Waals surface area (Å²) in [7, 11) is 0. The number of amides is 3. The van der Waals surface area contributed by atoms with Gasteiger partial charge >= 0.3 is 6.03 Å². The van der Waals surface area contributed by atoms with Crippen molar-refractivity contribution in [2.24, 2.45) is 0 Å². The zero-order valence-corrected chi connectivity index (χ0v) is 13.5. The Bertz CT molecular complexity index is 771. The first-order valence-corrected chi connectivity index (χ1v) is 7.93. The van der Waals surface area contributed by atoms with Crippen molar-refractivity contribution in [3.63, 3.8) is 0 Å². The number of nitrogens with one attached hydrogen (secondary N) is 1. The highest BCUT2D eigenvalue weighted by Crippen LogP contribution is 2.15. The van der Waals surface area contributed by atoms with Gasteiger partial charge in [-0.05, 0) is 42.5 Å². The molecule has 1 fully saturated rings. The van der Waals surface area contributed by atoms with Crippen LogP contribution in [0, 0.1) is 5.82 Å². The average molecular weight is 343 g/mol. The molecule has 2 aromatic rings. The van der Waals surface area contributed by atoms with Crippen LogP contribution in [0.3, 0.4) is 0 Å². The molecule has 0 unspecified atom stereocenters. The van der Waals surface area contributed by atoms with Crippen LogP contribution in [0.5, 0.6) is 5.75 Å². The molecule has 1 aliphatic heterocycles. The van der Waals surface area contributed by atoms with Crippen molar-refractivity contribution in [1.82, 2.24) is 9.80 Å². The first kappa shape index (κ1) is 16.8. The van der Waals surface area contributed by atoms with Crippen LogP contribution < -0.4 is 5.32 Å². The second kappa shape index (κ2) is 7.21. The number of phenolic OH excluding ortho intramolecular Hbond substituents is 1. The average Bonchev–Trinajstić information content (AvgIpc) is 2.63. The van der Waals surface area contributed by atoms with Gasteiger partial charge in [-0.1, -0.05) is 6.07 Å². The smallest absolute Gasteiger partial charge is 0.321 e. The highest BCUT2D eigenvalue weighted by Gasteiger charge is 2.25. The molecule has 6 nitrogen and oxygen atoms in total. The van der Waals surface area contributed by atoms with Crippen molar-refractivity contribution in [2.45, 2.75) is 0 Å². The van der Waals surface area contributed by atoms with E-state index >= 15 is 0 Å². The lowest BCUT2D eigenvalue weighted by Crippen LogP contribution is -2.51. The second-order valence-electron chi connectivity index (χ2n) is 5.77. The molecule has 25 heavy (non-hydrogen) atoms. The normalized spacial score (nSPS) is 14.3. The van der Waals surface area contributed by atoms with Gasteiger partial charge in [0, 0.05) is 37.4 Å². The number of aromatic hydroxyl groups is 1. The Morgan fingerprint density at radius 3 is 2.24 bits per heavy atom. The first-order chi connectivity index (χ1) is 12.0. The zero-order chi connectivity index (χ0) is 17.8. The van der Waals surface area contributed by atoms with E-state index < -0.39 is 0 Å². The van der Waals surface area contributed by atoms with Gasteiger partial charge in [-0.2, -0.15) is 0 Å². The summed E-state index contributed by atoms with van der Waals surface area (Å²) in [6.07, 6.45) is 0. The maximum Gasteiger partial charge on any atom is 0.321 e. The third-order valence-electron chi connectivity index (χ3n) is 4.04. The molecular formula is C18H18FN3O3. The lowest BCUT2D eigenvalue weighted by molar-refractivity contribution is 0.0671. The number of rotatable bonds is 2. The fourth-order valence-electron chi connectivity index (χ4n) is 2.67. The van der Waals surface area contributed by atoms with Crippen molar-refractivity contribution in [2.75, 3.05) is 31.5 Å². The maximum absolute atomic E-state index is 12.9. The Balaban J connectivity index is 1.55. The summed E-state index contributed by atoms with van der Waals surface area (Å²) in [4.78, 5) is 27.9. The minimum atomic E-state index is -0.364. The van der Waals surface area contributed by atoms with Gasteiger partial charge in [0.2, 0.25) is 0 Å². The minimum Gasteiger partial charge on any atom is -0.508 e. The molecule has 1 saturated heterocycles. The summed E-state index contributed by atoms with van der Waals surface area (Å²) in [6.45, 7) is 1.62. The maximum atomic E-state index is 12.9. The van der Waals surface area contributed by atoms with Crippen LogP contribution in [0.4, 0.5) is 14.9 Å². The van der Waals surface area contributed by atoms with Gasteiger partial charge in [-0.25, -0.2) is 9.18 Å². The topological polar surface area (TPSA) is 72.9 Å². The summed E-state index contributed by atoms with van der Waals surface area (Å²) in [6, 6.07) is 11.5. The number of phenols is 1. The Hall–Kier alpha value is -3.09. The number of nitrogens with zero attached hydrogens (tertiary/aromatic N) is 2. The molecule has 1 aliphatic rings. The number of hydrogen-bond acceptors (Lipinski definition) is 3. The Morgan fingerprint density at radius 1 is 0.960 bits per heavy atom. The molecule has 0 aliphatic carbocycles. The molecule has 3 amide bonds. The summed E-state index contributed by atoms with van der Waals surface area (Å²) in [5.74, 6) is -0.491. The van der Waals surface area contributed by atoms with Crippen LogP contribution in [0.25, 0.3) is 0 Å². The van der Waals surface area contributed by atoms with Crippen LogP contribution >= 0.6 is 0 Å². The first-order valence-electron chi connectivity index (χ1n) is 7.93. The molecule has 0 atom stereocenters. The third kappa shape index (κ3) is 4.06. The number of piperazine rings is 1. The molecule has 2 N–H and O–H groups in total. The molecule has 7 heteroatoms. The SMILES string of the molecule is O=C(Nc1ccc(F)cc1)N1CCN(C(=O)c2cccc(O)c2)CC1. The summed E-state index contributed by atoms with van der Waals surface area (Å²) >= 11 is 0. The summed E-state index contributed by atoms with van der Waals surface area (Å²) in [5, 5.41) is 12.2. The molecule has 2 aromatic carbocycles. The van der Waals surface area contributed by atoms with E-state index in [9.17, 15) is 19.1 Å². The molecule has 3 rings (SSSR count). The van der Waals surface area contributed by atoms with Crippen LogP contribution in [-0.4, -0.2) is 53.0 Å². The van der Waals surface area contributed by atoms with Crippen molar-refractivity contribution in [1.29, 1.82) is 0 Å². The standard InChI is InChI=1S/C18H18FN3O3/c19-14-4-6-15(7-5-14)20-18(25)22-10-8-21(9-11-22)17(24)13-2-1-3-16(23)12-13/h1-7,12,23H,8-11H2,(H,20,25). The van der Waals surface area contributed by atoms with Gasteiger partial charge < -0.3 is 20.2 Å². The van der Waals surface area contributed by atoms with Gasteiger partial charge in [-0.3, -0.25) is 4.79 Å². The third-order valence-corrected chi connectivity index (χ3v) is 4.04. The molecule has 1 heterocycles. The van der Waals surface area contributed by atoms with Crippen molar-refractivity contribution in [3.05, 3.63) is 59.9 Å². The lowest BCUT2D eigenvalue weighted by Gasteiger charge is -2.34. The lowest BCUT2D eigenvalue weighted by atomic mass is 10.1. The van der Waals surface area contributed by atoms with E-state index in [0.717, 1.165) is 0 Å². The molecule has 0 aromatic heterocycles. The fraction of sp³-hybridized carbons (Fsp3) is 0.222. The summed E-state index contributed by atoms with van der Waals surface area (Å²) < 4.78 is 12.9. The van der Waals surface area contributed by atoms with Gasteiger partial charge in [0.15, 0.2) is 0 Å². The predicted molar refractivity (Wildman–Crippen MR) is 91.0 cm³/mol. The number of halogens is 1. The number of carbonyl (C=O) groups is 2. The monoisotopic (exact) mass is 343 g/mol. The van der Waals surface area contributed by atoms with E-state index in [1.165, 1.54) is 36.4 Å². The molecular weight excluding hydrogens is 325 g/mol. The van der Waals surface area contributed by atoms with Crippen molar-refractivity contribution >= 4 is 17.6 Å². The largest absolute Gasteiger partial charge is 0.508 e.